The summed E-state index contributed by atoms with van der Waals surface area (Å²) >= 11 is 0. The molecular formula is C9H10N2O. The molecule has 0 radical (unpaired) electrons. The van der Waals surface area contributed by atoms with Gasteiger partial charge in [0.1, 0.15) is 12.0 Å². The van der Waals surface area contributed by atoms with Gasteiger partial charge < -0.3 is 9.64 Å². The Morgan fingerprint density at radius 3 is 3.42 bits per heavy atom. The van der Waals surface area contributed by atoms with Crippen LogP contribution >= 0.6 is 0 Å². The highest BCUT2D eigenvalue weighted by molar-refractivity contribution is 5.31. The summed E-state index contributed by atoms with van der Waals surface area (Å²) in [6, 6.07) is 1.97. The molecule has 0 atom stereocenters. The minimum atomic E-state index is 0.845. The van der Waals surface area contributed by atoms with Crippen LogP contribution in [0.5, 0.6) is 5.75 Å². The van der Waals surface area contributed by atoms with Crippen molar-refractivity contribution < 1.29 is 4.74 Å². The zero-order valence-electron chi connectivity index (χ0n) is 6.90. The molecule has 0 bridgehead atoms. The predicted molar refractivity (Wildman–Crippen MR) is 45.5 cm³/mol. The van der Waals surface area contributed by atoms with E-state index in [-0.39, 0.29) is 0 Å². The SMILES string of the molecule is CN1C=COc2cnccc2C1. The van der Waals surface area contributed by atoms with Gasteiger partial charge in [-0.2, -0.15) is 0 Å². The molecule has 2 rings (SSSR count). The molecule has 1 aliphatic heterocycles. The molecule has 0 spiro atoms. The smallest absolute Gasteiger partial charge is 0.149 e. The Balaban J connectivity index is 2.38. The van der Waals surface area contributed by atoms with Gasteiger partial charge in [-0.3, -0.25) is 4.98 Å². The Labute approximate surface area is 71.3 Å². The van der Waals surface area contributed by atoms with Gasteiger partial charge in [0, 0.05) is 31.6 Å². The topological polar surface area (TPSA) is 25.4 Å². The number of hydrogen-bond acceptors (Lipinski definition) is 3. The molecule has 62 valence electrons. The van der Waals surface area contributed by atoms with E-state index in [2.05, 4.69) is 9.88 Å². The van der Waals surface area contributed by atoms with E-state index in [4.69, 9.17) is 4.74 Å². The maximum absolute atomic E-state index is 5.33. The molecule has 1 aliphatic rings. The van der Waals surface area contributed by atoms with Crippen LogP contribution in [0.4, 0.5) is 0 Å². The third-order valence-corrected chi connectivity index (χ3v) is 1.80. The van der Waals surface area contributed by atoms with Gasteiger partial charge in [0.25, 0.3) is 0 Å². The molecular weight excluding hydrogens is 152 g/mol. The lowest BCUT2D eigenvalue weighted by Crippen LogP contribution is -2.08. The summed E-state index contributed by atoms with van der Waals surface area (Å²) < 4.78 is 5.33. The van der Waals surface area contributed by atoms with E-state index in [1.54, 1.807) is 18.7 Å². The van der Waals surface area contributed by atoms with Crippen LogP contribution in [0.15, 0.2) is 30.9 Å². The number of hydrogen-bond donors (Lipinski definition) is 0. The number of rotatable bonds is 0. The second-order valence-corrected chi connectivity index (χ2v) is 2.80. The average Bonchev–Trinajstić information content (AvgIpc) is 2.25. The van der Waals surface area contributed by atoms with Crippen molar-refractivity contribution in [2.24, 2.45) is 0 Å². The van der Waals surface area contributed by atoms with Crippen LogP contribution in [0.25, 0.3) is 0 Å². The fourth-order valence-electron chi connectivity index (χ4n) is 1.17. The summed E-state index contributed by atoms with van der Waals surface area (Å²) in [5.41, 5.74) is 1.16. The Hall–Kier alpha value is -1.51. The van der Waals surface area contributed by atoms with Crippen LogP contribution in [0.2, 0.25) is 0 Å². The number of fused-ring (bicyclic) bond motifs is 1. The second kappa shape index (κ2) is 2.85. The van der Waals surface area contributed by atoms with E-state index in [0.29, 0.717) is 0 Å². The van der Waals surface area contributed by atoms with E-state index in [0.717, 1.165) is 17.9 Å². The standard InChI is InChI=1S/C9H10N2O/c1-11-4-5-12-9-6-10-3-2-8(9)7-11/h2-6H,7H2,1H3. The summed E-state index contributed by atoms with van der Waals surface area (Å²) in [6.07, 6.45) is 7.09. The molecule has 0 saturated heterocycles. The summed E-state index contributed by atoms with van der Waals surface area (Å²) in [5.74, 6) is 0.845. The molecule has 0 aromatic carbocycles. The molecule has 3 nitrogen and oxygen atoms in total. The van der Waals surface area contributed by atoms with Crippen LogP contribution in [-0.4, -0.2) is 16.9 Å². The highest BCUT2D eigenvalue weighted by atomic mass is 16.5. The molecule has 12 heavy (non-hydrogen) atoms. The van der Waals surface area contributed by atoms with E-state index in [1.165, 1.54) is 0 Å². The van der Waals surface area contributed by atoms with Gasteiger partial charge in [-0.05, 0) is 6.07 Å². The monoisotopic (exact) mass is 162 g/mol. The first-order valence-corrected chi connectivity index (χ1v) is 3.83. The van der Waals surface area contributed by atoms with Crippen molar-refractivity contribution in [2.45, 2.75) is 6.54 Å². The van der Waals surface area contributed by atoms with Crippen molar-refractivity contribution in [3.8, 4) is 5.75 Å². The zero-order chi connectivity index (χ0) is 8.39. The van der Waals surface area contributed by atoms with Gasteiger partial charge in [0.05, 0.1) is 6.20 Å². The number of pyridine rings is 1. The Bertz CT molecular complexity index is 309. The average molecular weight is 162 g/mol. The van der Waals surface area contributed by atoms with Crippen molar-refractivity contribution in [1.82, 2.24) is 9.88 Å². The molecule has 0 unspecified atom stereocenters. The lowest BCUT2D eigenvalue weighted by atomic mass is 10.2. The quantitative estimate of drug-likeness (QED) is 0.576. The molecule has 2 heterocycles. The molecule has 0 amide bonds. The van der Waals surface area contributed by atoms with E-state index >= 15 is 0 Å². The van der Waals surface area contributed by atoms with Crippen LogP contribution in [0.1, 0.15) is 5.56 Å². The first kappa shape index (κ1) is 7.16. The maximum Gasteiger partial charge on any atom is 0.149 e. The van der Waals surface area contributed by atoms with Crippen molar-refractivity contribution >= 4 is 0 Å². The molecule has 1 aromatic rings. The van der Waals surface area contributed by atoms with Crippen molar-refractivity contribution in [3.05, 3.63) is 36.5 Å². The largest absolute Gasteiger partial charge is 0.462 e. The molecule has 0 fully saturated rings. The van der Waals surface area contributed by atoms with E-state index in [1.807, 2.05) is 19.3 Å². The van der Waals surface area contributed by atoms with Crippen LogP contribution in [0.3, 0.4) is 0 Å². The van der Waals surface area contributed by atoms with E-state index in [9.17, 15) is 0 Å². The highest BCUT2D eigenvalue weighted by Gasteiger charge is 2.06. The normalized spacial score (nSPS) is 14.9. The van der Waals surface area contributed by atoms with Crippen LogP contribution < -0.4 is 4.74 Å². The molecule has 0 N–H and O–H groups in total. The summed E-state index contributed by atoms with van der Waals surface area (Å²) in [6.45, 7) is 0.869. The Morgan fingerprint density at radius 2 is 2.50 bits per heavy atom. The van der Waals surface area contributed by atoms with Crippen molar-refractivity contribution in [1.29, 1.82) is 0 Å². The molecule has 1 aromatic heterocycles. The molecule has 0 aliphatic carbocycles. The lowest BCUT2D eigenvalue weighted by Gasteiger charge is -2.10. The fraction of sp³-hybridized carbons (Fsp3) is 0.222. The second-order valence-electron chi connectivity index (χ2n) is 2.80. The van der Waals surface area contributed by atoms with Gasteiger partial charge in [-0.25, -0.2) is 0 Å². The third kappa shape index (κ3) is 1.25. The lowest BCUT2D eigenvalue weighted by molar-refractivity contribution is 0.449. The van der Waals surface area contributed by atoms with Gasteiger partial charge in [0.2, 0.25) is 0 Å². The highest BCUT2D eigenvalue weighted by Crippen LogP contribution is 2.20. The minimum Gasteiger partial charge on any atom is -0.462 e. The third-order valence-electron chi connectivity index (χ3n) is 1.80. The first-order valence-electron chi connectivity index (χ1n) is 3.83. The maximum atomic E-state index is 5.33. The summed E-state index contributed by atoms with van der Waals surface area (Å²) in [4.78, 5) is 6.05. The Morgan fingerprint density at radius 1 is 1.58 bits per heavy atom. The summed E-state index contributed by atoms with van der Waals surface area (Å²) in [5, 5.41) is 0. The van der Waals surface area contributed by atoms with Crippen molar-refractivity contribution in [2.75, 3.05) is 7.05 Å². The fourth-order valence-corrected chi connectivity index (χ4v) is 1.17. The van der Waals surface area contributed by atoms with Gasteiger partial charge in [-0.15, -0.1) is 0 Å². The van der Waals surface area contributed by atoms with Gasteiger partial charge in [-0.1, -0.05) is 0 Å². The molecule has 3 heteroatoms. The number of aromatic nitrogens is 1. The summed E-state index contributed by atoms with van der Waals surface area (Å²) in [7, 11) is 2.01. The van der Waals surface area contributed by atoms with Gasteiger partial charge in [0.15, 0.2) is 0 Å². The number of ether oxygens (including phenoxy) is 1. The predicted octanol–water partition coefficient (Wildman–Crippen LogP) is 1.38. The first-order chi connectivity index (χ1) is 5.86. The van der Waals surface area contributed by atoms with Crippen molar-refractivity contribution in [3.63, 3.8) is 0 Å². The minimum absolute atomic E-state index is 0.845. The Kier molecular flexibility index (Phi) is 1.70. The molecule has 0 saturated carbocycles. The zero-order valence-corrected chi connectivity index (χ0v) is 6.90. The van der Waals surface area contributed by atoms with Gasteiger partial charge >= 0.3 is 0 Å². The van der Waals surface area contributed by atoms with Crippen LogP contribution in [0, 0.1) is 0 Å². The van der Waals surface area contributed by atoms with E-state index < -0.39 is 0 Å². The van der Waals surface area contributed by atoms with Crippen LogP contribution in [-0.2, 0) is 6.54 Å². The number of nitrogens with zero attached hydrogens (tertiary/aromatic N) is 2.